The second-order valence-electron chi connectivity index (χ2n) is 33.8. The van der Waals surface area contributed by atoms with Crippen LogP contribution < -0.4 is 9.80 Å². The van der Waals surface area contributed by atoms with Gasteiger partial charge in [-0.1, -0.05) is 367 Å². The molecule has 2 heteroatoms. The van der Waals surface area contributed by atoms with Crippen molar-refractivity contribution in [3.05, 3.63) is 443 Å². The van der Waals surface area contributed by atoms with Crippen LogP contribution in [0.4, 0.5) is 34.1 Å². The van der Waals surface area contributed by atoms with Gasteiger partial charge in [0.2, 0.25) is 0 Å². The van der Waals surface area contributed by atoms with Gasteiger partial charge < -0.3 is 9.80 Å². The molecule has 0 bridgehead atoms. The molecular weight excluding hydrogens is 1410 g/mol. The maximum absolute atomic E-state index is 2.55. The Bertz CT molecular complexity index is 7090. The summed E-state index contributed by atoms with van der Waals surface area (Å²) < 4.78 is 0. The van der Waals surface area contributed by atoms with Crippen LogP contribution in [-0.2, 0) is 16.2 Å². The third-order valence-corrected chi connectivity index (χ3v) is 26.9. The van der Waals surface area contributed by atoms with Gasteiger partial charge in [-0.3, -0.25) is 0 Å². The minimum atomic E-state index is -0.535. The molecule has 4 aliphatic carbocycles. The smallest absolute Gasteiger partial charge is 0.0725 e. The number of anilines is 6. The molecule has 2 nitrogen and oxygen atoms in total. The normalized spacial score (nSPS) is 14.1. The first-order chi connectivity index (χ1) is 57.5. The van der Waals surface area contributed by atoms with Crippen LogP contribution in [0.3, 0.4) is 0 Å². The Morgan fingerprint density at radius 1 is 0.179 bits per heavy atom. The standard InChI is InChI=1S/C115H78N2/c1-113(2)103-61-71(49-55-91(103)93-59-53-79(69-105(93)113)116(109-65-75-25-5-9-29-81(75)85-33-13-17-39-97(85)109)110-66-76-26-6-10-30-82(76)86-34-14-18-40-98(86)110)45-47-73-51-57-95-96-58-52-74(64-108(96)115(107(95)63-73)101-43-23-21-37-89(101)90-38-22-24-44-102(90)115)48-46-72-50-56-92-94-60-54-80(70-106(94)114(3,4)104(92)62-72)117(111-67-77-27-7-11-31-83(77)87-35-15-19-41-99(87)111)112-68-78-28-8-12-32-84(78)88-36-16-20-42-100(88)112/h5-70H,1-4H3/b47-45+,48-46+. The van der Waals surface area contributed by atoms with Crippen LogP contribution in [0, 0.1) is 0 Å². The summed E-state index contributed by atoms with van der Waals surface area (Å²) >= 11 is 0. The number of fused-ring (bicyclic) bond motifs is 28. The highest BCUT2D eigenvalue weighted by molar-refractivity contribution is 6.21. The second kappa shape index (κ2) is 25.3. The topological polar surface area (TPSA) is 6.48 Å². The van der Waals surface area contributed by atoms with Gasteiger partial charge in [-0.15, -0.1) is 0 Å². The van der Waals surface area contributed by atoms with E-state index in [0.29, 0.717) is 0 Å². The lowest BCUT2D eigenvalue weighted by atomic mass is 9.70. The summed E-state index contributed by atoms with van der Waals surface area (Å²) in [6, 6.07) is 142. The molecule has 20 aromatic rings. The number of hydrogen-bond acceptors (Lipinski definition) is 2. The number of benzene rings is 20. The molecule has 1 spiro atoms. The van der Waals surface area contributed by atoms with Gasteiger partial charge in [0.25, 0.3) is 0 Å². The van der Waals surface area contributed by atoms with Gasteiger partial charge in [-0.25, -0.2) is 0 Å². The Hall–Kier alpha value is -14.4. The van der Waals surface area contributed by atoms with Crippen LogP contribution in [0.25, 0.3) is 155 Å². The number of hydrogen-bond donors (Lipinski definition) is 0. The van der Waals surface area contributed by atoms with Crippen molar-refractivity contribution in [3.63, 3.8) is 0 Å². The lowest BCUT2D eigenvalue weighted by Gasteiger charge is -2.31. The third kappa shape index (κ3) is 9.86. The van der Waals surface area contributed by atoms with Crippen molar-refractivity contribution in [1.29, 1.82) is 0 Å². The first-order valence-corrected chi connectivity index (χ1v) is 41.2. The molecule has 117 heavy (non-hydrogen) atoms. The predicted octanol–water partition coefficient (Wildman–Crippen LogP) is 31.1. The Labute approximate surface area is 681 Å². The maximum atomic E-state index is 2.55. The summed E-state index contributed by atoms with van der Waals surface area (Å²) in [5.41, 5.74) is 31.4. The average molecular weight is 1490 g/mol. The number of rotatable bonds is 10. The fraction of sp³-hybridized carbons (Fsp3) is 0.0609. The van der Waals surface area contributed by atoms with Gasteiger partial charge in [0, 0.05) is 43.7 Å². The second-order valence-corrected chi connectivity index (χ2v) is 33.8. The molecule has 0 unspecified atom stereocenters. The van der Waals surface area contributed by atoms with Gasteiger partial charge in [-0.2, -0.15) is 0 Å². The van der Waals surface area contributed by atoms with Crippen molar-refractivity contribution < 1.29 is 0 Å². The minimum absolute atomic E-state index is 0.302. The molecular formula is C115H78N2. The van der Waals surface area contributed by atoms with E-state index in [2.05, 4.69) is 438 Å². The van der Waals surface area contributed by atoms with E-state index in [1.54, 1.807) is 0 Å². The SMILES string of the molecule is CC1(C)c2cc(/C=C/c3ccc4c(c3)C3(c5ccccc5-c5ccccc53)c3cc(/C=C/c5ccc6c(c5)C(C)(C)c5cc(N(c7cc8ccccc8c8ccccc78)c7cc8ccccc8c8ccccc78)ccc5-6)ccc3-4)ccc2-c2ccc(N(c3cc4ccccc4c4ccccc34)c3cc4ccccc4c4ccccc34)cc21. The van der Waals surface area contributed by atoms with E-state index >= 15 is 0 Å². The zero-order chi connectivity index (χ0) is 77.6. The van der Waals surface area contributed by atoms with Crippen molar-refractivity contribution in [2.75, 3.05) is 9.80 Å². The molecule has 0 fully saturated rings. The van der Waals surface area contributed by atoms with Crippen LogP contribution in [0.1, 0.15) is 94.5 Å². The Morgan fingerprint density at radius 3 is 0.709 bits per heavy atom. The molecule has 4 aliphatic rings. The monoisotopic (exact) mass is 1490 g/mol. The molecule has 20 aromatic carbocycles. The Balaban J connectivity index is 0.566. The summed E-state index contributed by atoms with van der Waals surface area (Å²) in [6.45, 7) is 9.68. The Kier molecular flexibility index (Phi) is 14.5. The highest BCUT2D eigenvalue weighted by atomic mass is 15.2. The average Bonchev–Trinajstić information content (AvgIpc) is 1.51. The zero-order valence-electron chi connectivity index (χ0n) is 65.5. The van der Waals surface area contributed by atoms with Crippen LogP contribution in [-0.4, -0.2) is 0 Å². The summed E-state index contributed by atoms with van der Waals surface area (Å²) in [5.74, 6) is 0. The molecule has 0 amide bonds. The molecule has 548 valence electrons. The van der Waals surface area contributed by atoms with Crippen molar-refractivity contribution in [2.24, 2.45) is 0 Å². The lowest BCUT2D eigenvalue weighted by Crippen LogP contribution is -2.26. The fourth-order valence-corrected chi connectivity index (χ4v) is 21.4. The van der Waals surface area contributed by atoms with E-state index in [4.69, 9.17) is 0 Å². The first kappa shape index (κ1) is 67.1. The first-order valence-electron chi connectivity index (χ1n) is 41.2. The molecule has 0 saturated heterocycles. The molecule has 0 heterocycles. The van der Waals surface area contributed by atoms with Gasteiger partial charge in [0.15, 0.2) is 0 Å². The maximum Gasteiger partial charge on any atom is 0.0725 e. The van der Waals surface area contributed by atoms with E-state index in [0.717, 1.165) is 34.1 Å². The molecule has 0 atom stereocenters. The van der Waals surface area contributed by atoms with Crippen molar-refractivity contribution in [1.82, 2.24) is 0 Å². The van der Waals surface area contributed by atoms with Crippen LogP contribution >= 0.6 is 0 Å². The van der Waals surface area contributed by atoms with E-state index in [9.17, 15) is 0 Å². The highest BCUT2D eigenvalue weighted by Gasteiger charge is 2.52. The zero-order valence-corrected chi connectivity index (χ0v) is 65.5. The van der Waals surface area contributed by atoms with E-state index in [-0.39, 0.29) is 10.8 Å². The lowest BCUT2D eigenvalue weighted by molar-refractivity contribution is 0.660. The summed E-state index contributed by atoms with van der Waals surface area (Å²) in [5, 5.41) is 19.7. The van der Waals surface area contributed by atoms with Gasteiger partial charge in [0.1, 0.15) is 0 Å². The highest BCUT2D eigenvalue weighted by Crippen LogP contribution is 2.64. The number of nitrogens with zero attached hydrogens (tertiary/aromatic N) is 2. The predicted molar refractivity (Wildman–Crippen MR) is 498 cm³/mol. The van der Waals surface area contributed by atoms with Gasteiger partial charge >= 0.3 is 0 Å². The molecule has 0 aliphatic heterocycles. The van der Waals surface area contributed by atoms with Gasteiger partial charge in [-0.05, 0) is 237 Å². The summed E-state index contributed by atoms with van der Waals surface area (Å²) in [6.07, 6.45) is 9.37. The van der Waals surface area contributed by atoms with Crippen molar-refractivity contribution in [2.45, 2.75) is 43.9 Å². The molecule has 0 N–H and O–H groups in total. The minimum Gasteiger partial charge on any atom is -0.309 e. The molecule has 0 aromatic heterocycles. The summed E-state index contributed by atoms with van der Waals surface area (Å²) in [4.78, 5) is 5.10. The summed E-state index contributed by atoms with van der Waals surface area (Å²) in [7, 11) is 0. The molecule has 0 saturated carbocycles. The van der Waals surface area contributed by atoms with E-state index in [1.807, 2.05) is 0 Å². The van der Waals surface area contributed by atoms with Crippen LogP contribution in [0.15, 0.2) is 376 Å². The third-order valence-electron chi connectivity index (χ3n) is 26.9. The van der Waals surface area contributed by atoms with Crippen molar-refractivity contribution >= 4 is 145 Å². The molecule has 0 radical (unpaired) electrons. The van der Waals surface area contributed by atoms with Gasteiger partial charge in [0.05, 0.1) is 28.2 Å². The van der Waals surface area contributed by atoms with Crippen LogP contribution in [0.5, 0.6) is 0 Å². The fourth-order valence-electron chi connectivity index (χ4n) is 21.4. The van der Waals surface area contributed by atoms with Crippen molar-refractivity contribution in [3.8, 4) is 44.5 Å². The van der Waals surface area contributed by atoms with E-state index in [1.165, 1.54) is 197 Å². The van der Waals surface area contributed by atoms with E-state index < -0.39 is 5.41 Å². The quantitative estimate of drug-likeness (QED) is 0.0995. The van der Waals surface area contributed by atoms with Crippen LogP contribution in [0.2, 0.25) is 0 Å². The Morgan fingerprint density at radius 2 is 0.402 bits per heavy atom. The largest absolute Gasteiger partial charge is 0.309 e. The molecule has 24 rings (SSSR count).